The van der Waals surface area contributed by atoms with Crippen LogP contribution in [0.5, 0.6) is 0 Å². The summed E-state index contributed by atoms with van der Waals surface area (Å²) < 4.78 is 4.79. The van der Waals surface area contributed by atoms with E-state index in [1.165, 1.54) is 4.90 Å². The molecule has 3 N–H and O–H groups in total. The van der Waals surface area contributed by atoms with Crippen LogP contribution in [0.25, 0.3) is 0 Å². The lowest BCUT2D eigenvalue weighted by Crippen LogP contribution is -2.48. The number of unbranched alkanes of at least 4 members (excludes halogenated alkanes) is 2. The van der Waals surface area contributed by atoms with Crippen LogP contribution in [0.15, 0.2) is 24.3 Å². The van der Waals surface area contributed by atoms with E-state index in [1.807, 2.05) is 6.92 Å². The Balaban J connectivity index is 2.00. The molecule has 2 rings (SSSR count). The number of halogens is 1. The minimum absolute atomic E-state index is 0.126. The van der Waals surface area contributed by atoms with Crippen molar-refractivity contribution in [1.29, 1.82) is 0 Å². The number of anilines is 1. The van der Waals surface area contributed by atoms with E-state index in [9.17, 15) is 14.4 Å². The van der Waals surface area contributed by atoms with Crippen LogP contribution in [0, 0.1) is 0 Å². The predicted octanol–water partition coefficient (Wildman–Crippen LogP) is 2.93. The van der Waals surface area contributed by atoms with Crippen molar-refractivity contribution in [3.8, 4) is 0 Å². The molecule has 1 aliphatic rings. The number of nitrogens with one attached hydrogen (secondary N) is 2. The summed E-state index contributed by atoms with van der Waals surface area (Å²) in [6, 6.07) is 4.77. The van der Waals surface area contributed by atoms with Gasteiger partial charge in [0.05, 0.1) is 6.54 Å². The van der Waals surface area contributed by atoms with Crippen LogP contribution in [0.1, 0.15) is 26.2 Å². The molecular formula is C17H22ClN3O5. The van der Waals surface area contributed by atoms with Crippen LogP contribution >= 0.6 is 11.6 Å². The third-order valence-corrected chi connectivity index (χ3v) is 4.27. The highest BCUT2D eigenvalue weighted by molar-refractivity contribution is 6.30. The lowest BCUT2D eigenvalue weighted by Gasteiger charge is -2.17. The average Bonchev–Trinajstić information content (AvgIpc) is 2.85. The molecular weight excluding hydrogens is 362 g/mol. The number of carbonyl (C=O) groups is 3. The predicted molar refractivity (Wildman–Crippen MR) is 96.4 cm³/mol. The third kappa shape index (κ3) is 5.52. The molecule has 1 saturated heterocycles. The van der Waals surface area contributed by atoms with Gasteiger partial charge in [0.2, 0.25) is 5.91 Å². The van der Waals surface area contributed by atoms with E-state index >= 15 is 0 Å². The summed E-state index contributed by atoms with van der Waals surface area (Å²) in [5.41, 5.74) is 0.493. The minimum Gasteiger partial charge on any atom is -0.450 e. The molecule has 2 atom stereocenters. The number of carboxylic acid groups (broad SMARTS) is 1. The first-order chi connectivity index (χ1) is 12.4. The summed E-state index contributed by atoms with van der Waals surface area (Å²) in [5.74, 6) is -0.349. The van der Waals surface area contributed by atoms with Crippen LogP contribution in [0.3, 0.4) is 0 Å². The monoisotopic (exact) mass is 383 g/mol. The van der Waals surface area contributed by atoms with Crippen LogP contribution in [0.2, 0.25) is 5.02 Å². The second kappa shape index (κ2) is 9.28. The smallest absolute Gasteiger partial charge is 0.450 e. The van der Waals surface area contributed by atoms with Crippen molar-refractivity contribution in [3.63, 3.8) is 0 Å². The number of nitrogens with zero attached hydrogens (tertiary/aromatic N) is 1. The highest BCUT2D eigenvalue weighted by atomic mass is 35.5. The number of hydrogen-bond donors (Lipinski definition) is 3. The fourth-order valence-electron chi connectivity index (χ4n) is 2.75. The minimum atomic E-state index is -1.48. The van der Waals surface area contributed by atoms with Gasteiger partial charge in [0.1, 0.15) is 6.04 Å². The van der Waals surface area contributed by atoms with E-state index in [0.717, 1.165) is 19.3 Å². The molecule has 0 saturated carbocycles. The molecule has 0 unspecified atom stereocenters. The van der Waals surface area contributed by atoms with Gasteiger partial charge in [-0.05, 0) is 30.7 Å². The number of hydrogen-bond acceptors (Lipinski definition) is 4. The fourth-order valence-corrected chi connectivity index (χ4v) is 2.88. The molecule has 1 aromatic rings. The van der Waals surface area contributed by atoms with E-state index in [1.54, 1.807) is 24.3 Å². The van der Waals surface area contributed by atoms with Crippen LogP contribution in [0.4, 0.5) is 15.3 Å². The molecule has 0 radical (unpaired) electrons. The van der Waals surface area contributed by atoms with Gasteiger partial charge in [-0.3, -0.25) is 4.79 Å². The fraction of sp³-hybridized carbons (Fsp3) is 0.471. The lowest BCUT2D eigenvalue weighted by atomic mass is 10.2. The van der Waals surface area contributed by atoms with Crippen molar-refractivity contribution in [1.82, 2.24) is 10.2 Å². The van der Waals surface area contributed by atoms with Crippen LogP contribution in [-0.4, -0.2) is 53.3 Å². The van der Waals surface area contributed by atoms with Crippen molar-refractivity contribution in [2.45, 2.75) is 38.3 Å². The zero-order valence-electron chi connectivity index (χ0n) is 14.4. The number of urea groups is 1. The van der Waals surface area contributed by atoms with Crippen molar-refractivity contribution in [2.24, 2.45) is 0 Å². The van der Waals surface area contributed by atoms with E-state index in [2.05, 4.69) is 10.6 Å². The summed E-state index contributed by atoms with van der Waals surface area (Å²) in [4.78, 5) is 37.1. The molecule has 9 heteroatoms. The molecule has 1 aromatic carbocycles. The van der Waals surface area contributed by atoms with Gasteiger partial charge in [-0.1, -0.05) is 31.4 Å². The topological polar surface area (TPSA) is 108 Å². The average molecular weight is 384 g/mol. The van der Waals surface area contributed by atoms with Crippen molar-refractivity contribution < 1.29 is 24.2 Å². The highest BCUT2D eigenvalue weighted by Crippen LogP contribution is 2.18. The van der Waals surface area contributed by atoms with E-state index in [4.69, 9.17) is 21.4 Å². The molecule has 1 heterocycles. The van der Waals surface area contributed by atoms with Crippen molar-refractivity contribution in [3.05, 3.63) is 29.3 Å². The molecule has 0 bridgehead atoms. The zero-order chi connectivity index (χ0) is 19.1. The second-order valence-electron chi connectivity index (χ2n) is 6.00. The van der Waals surface area contributed by atoms with Gasteiger partial charge < -0.3 is 25.4 Å². The van der Waals surface area contributed by atoms with Gasteiger partial charge in [-0.25, -0.2) is 9.59 Å². The highest BCUT2D eigenvalue weighted by Gasteiger charge is 2.43. The Labute approximate surface area is 156 Å². The normalized spacial score (nSPS) is 19.3. The first kappa shape index (κ1) is 19.8. The molecule has 0 spiro atoms. The summed E-state index contributed by atoms with van der Waals surface area (Å²) >= 11 is 5.79. The number of ether oxygens (including phenoxy) is 1. The Morgan fingerprint density at radius 2 is 2.00 bits per heavy atom. The standard InChI is InChI=1S/C17H22ClN3O5/c1-2-3-4-9-21-10-13(26-17(24)25)14(15(21)22)20-16(23)19-12-7-5-11(18)6-8-12/h5-8,13-14H,2-4,9-10H2,1H3,(H,24,25)(H2,19,20,23)/t13-,14-/m0/s1. The van der Waals surface area contributed by atoms with E-state index < -0.39 is 24.3 Å². The number of benzene rings is 1. The Hall–Kier alpha value is -2.48. The Kier molecular flexibility index (Phi) is 7.08. The third-order valence-electron chi connectivity index (χ3n) is 4.02. The first-order valence-corrected chi connectivity index (χ1v) is 8.80. The van der Waals surface area contributed by atoms with Crippen molar-refractivity contribution in [2.75, 3.05) is 18.4 Å². The van der Waals surface area contributed by atoms with Gasteiger partial charge in [0.15, 0.2) is 6.10 Å². The first-order valence-electron chi connectivity index (χ1n) is 8.42. The molecule has 0 aliphatic carbocycles. The second-order valence-corrected chi connectivity index (χ2v) is 6.43. The van der Waals surface area contributed by atoms with E-state index in [-0.39, 0.29) is 12.5 Å². The summed E-state index contributed by atoms with van der Waals surface area (Å²) in [5, 5.41) is 14.5. The summed E-state index contributed by atoms with van der Waals surface area (Å²) in [6.07, 6.45) is 0.345. The maximum Gasteiger partial charge on any atom is 0.506 e. The van der Waals surface area contributed by atoms with Gasteiger partial charge >= 0.3 is 12.2 Å². The molecule has 0 aromatic heterocycles. The molecule has 1 fully saturated rings. The van der Waals surface area contributed by atoms with Crippen molar-refractivity contribution >= 4 is 35.4 Å². The molecule has 3 amide bonds. The maximum atomic E-state index is 12.5. The van der Waals surface area contributed by atoms with E-state index in [0.29, 0.717) is 17.3 Å². The largest absolute Gasteiger partial charge is 0.506 e. The quantitative estimate of drug-likeness (QED) is 0.495. The number of rotatable bonds is 7. The van der Waals surface area contributed by atoms with Gasteiger partial charge in [0, 0.05) is 17.3 Å². The van der Waals surface area contributed by atoms with Gasteiger partial charge in [-0.15, -0.1) is 0 Å². The number of carbonyl (C=O) groups excluding carboxylic acids is 2. The molecule has 26 heavy (non-hydrogen) atoms. The SMILES string of the molecule is CCCCCN1C[C@H](OC(=O)O)[C@H](NC(=O)Nc2ccc(Cl)cc2)C1=O. The molecule has 8 nitrogen and oxygen atoms in total. The summed E-state index contributed by atoms with van der Waals surface area (Å²) in [7, 11) is 0. The zero-order valence-corrected chi connectivity index (χ0v) is 15.2. The molecule has 142 valence electrons. The Morgan fingerprint density at radius 1 is 1.31 bits per heavy atom. The number of likely N-dealkylation sites (tertiary alicyclic amines) is 1. The Morgan fingerprint density at radius 3 is 2.62 bits per heavy atom. The molecule has 1 aliphatic heterocycles. The number of amides is 3. The Bertz CT molecular complexity index is 652. The van der Waals surface area contributed by atoms with Crippen LogP contribution in [-0.2, 0) is 9.53 Å². The van der Waals surface area contributed by atoms with Gasteiger partial charge in [-0.2, -0.15) is 0 Å². The van der Waals surface area contributed by atoms with Crippen LogP contribution < -0.4 is 10.6 Å². The lowest BCUT2D eigenvalue weighted by molar-refractivity contribution is -0.129. The van der Waals surface area contributed by atoms with Gasteiger partial charge in [0.25, 0.3) is 0 Å². The summed E-state index contributed by atoms with van der Waals surface area (Å²) in [6.45, 7) is 2.68. The maximum absolute atomic E-state index is 12.5.